The molecule has 0 unspecified atom stereocenters. The van der Waals surface area contributed by atoms with Gasteiger partial charge in [0.05, 0.1) is 6.54 Å². The van der Waals surface area contributed by atoms with Crippen LogP contribution in [-0.4, -0.2) is 40.6 Å². The highest BCUT2D eigenvalue weighted by Crippen LogP contribution is 2.21. The first-order chi connectivity index (χ1) is 11.7. The van der Waals surface area contributed by atoms with Crippen molar-refractivity contribution in [2.75, 3.05) is 19.6 Å². The van der Waals surface area contributed by atoms with Gasteiger partial charge in [-0.15, -0.1) is 0 Å². The number of benzene rings is 1. The molecule has 1 aromatic heterocycles. The number of likely N-dealkylation sites (tertiary alicyclic amines) is 1. The Labute approximate surface area is 140 Å². The Morgan fingerprint density at radius 1 is 1.33 bits per heavy atom. The third kappa shape index (κ3) is 3.97. The topological polar surface area (TPSA) is 71.3 Å². The highest BCUT2D eigenvalue weighted by molar-refractivity contribution is 5.78. The van der Waals surface area contributed by atoms with Crippen molar-refractivity contribution in [2.45, 2.75) is 26.3 Å². The highest BCUT2D eigenvalue weighted by Gasteiger charge is 2.25. The summed E-state index contributed by atoms with van der Waals surface area (Å²) in [6, 6.07) is 5.96. The molecule has 1 N–H and O–H groups in total. The average molecular weight is 332 g/mol. The molecule has 1 amide bonds. The third-order valence-electron chi connectivity index (χ3n) is 4.23. The molecular weight excluding hydrogens is 311 g/mol. The van der Waals surface area contributed by atoms with Gasteiger partial charge in [0, 0.05) is 18.0 Å². The first-order valence-electron chi connectivity index (χ1n) is 8.24. The molecule has 0 aliphatic carbocycles. The largest absolute Gasteiger partial charge is 0.356 e. The zero-order valence-corrected chi connectivity index (χ0v) is 13.7. The number of hydrogen-bond acceptors (Lipinski definition) is 5. The summed E-state index contributed by atoms with van der Waals surface area (Å²) in [5.74, 6) is 0.943. The van der Waals surface area contributed by atoms with Gasteiger partial charge in [-0.2, -0.15) is 4.98 Å². The monoisotopic (exact) mass is 332 g/mol. The van der Waals surface area contributed by atoms with Gasteiger partial charge in [0.2, 0.25) is 5.91 Å². The Bertz CT molecular complexity index is 678. The summed E-state index contributed by atoms with van der Waals surface area (Å²) in [4.78, 5) is 18.4. The number of halogens is 1. The van der Waals surface area contributed by atoms with E-state index < -0.39 is 0 Å². The molecule has 0 spiro atoms. The van der Waals surface area contributed by atoms with Gasteiger partial charge in [0.1, 0.15) is 5.82 Å². The fourth-order valence-electron chi connectivity index (χ4n) is 2.90. The molecule has 0 saturated carbocycles. The summed E-state index contributed by atoms with van der Waals surface area (Å²) in [5.41, 5.74) is 0.699. The van der Waals surface area contributed by atoms with E-state index in [4.69, 9.17) is 4.52 Å². The molecule has 24 heavy (non-hydrogen) atoms. The number of nitrogens with zero attached hydrogens (tertiary/aromatic N) is 3. The lowest BCUT2D eigenvalue weighted by molar-refractivity contribution is -0.126. The minimum atomic E-state index is -0.298. The van der Waals surface area contributed by atoms with Crippen molar-refractivity contribution in [3.63, 3.8) is 0 Å². The Kier molecular flexibility index (Phi) is 5.20. The number of rotatable bonds is 5. The Morgan fingerprint density at radius 2 is 2.04 bits per heavy atom. The maximum atomic E-state index is 13.0. The SMILES string of the molecule is CCNC(=O)C1CCN(Cc2noc(-c3ccc(F)cc3)n2)CC1. The van der Waals surface area contributed by atoms with Gasteiger partial charge < -0.3 is 9.84 Å². The van der Waals surface area contributed by atoms with Crippen molar-refractivity contribution in [1.29, 1.82) is 0 Å². The van der Waals surface area contributed by atoms with Crippen LogP contribution in [0.1, 0.15) is 25.6 Å². The summed E-state index contributed by atoms with van der Waals surface area (Å²) < 4.78 is 18.2. The lowest BCUT2D eigenvalue weighted by atomic mass is 9.96. The van der Waals surface area contributed by atoms with Crippen molar-refractivity contribution in [1.82, 2.24) is 20.4 Å². The Morgan fingerprint density at radius 3 is 2.71 bits per heavy atom. The van der Waals surface area contributed by atoms with Gasteiger partial charge in [0.15, 0.2) is 5.82 Å². The number of aromatic nitrogens is 2. The van der Waals surface area contributed by atoms with Gasteiger partial charge in [-0.3, -0.25) is 9.69 Å². The molecule has 0 bridgehead atoms. The summed E-state index contributed by atoms with van der Waals surface area (Å²) in [7, 11) is 0. The second kappa shape index (κ2) is 7.53. The van der Waals surface area contributed by atoms with E-state index in [1.165, 1.54) is 12.1 Å². The minimum Gasteiger partial charge on any atom is -0.356 e. The molecule has 3 rings (SSSR count). The van der Waals surface area contributed by atoms with Crippen LogP contribution in [0.3, 0.4) is 0 Å². The van der Waals surface area contributed by atoms with Crippen LogP contribution in [0.25, 0.3) is 11.5 Å². The van der Waals surface area contributed by atoms with Crippen molar-refractivity contribution in [3.05, 3.63) is 35.9 Å². The van der Waals surface area contributed by atoms with E-state index >= 15 is 0 Å². The van der Waals surface area contributed by atoms with Crippen LogP contribution in [0.2, 0.25) is 0 Å². The average Bonchev–Trinajstić information content (AvgIpc) is 3.05. The van der Waals surface area contributed by atoms with Crippen molar-refractivity contribution < 1.29 is 13.7 Å². The van der Waals surface area contributed by atoms with E-state index in [0.717, 1.165) is 25.9 Å². The van der Waals surface area contributed by atoms with Gasteiger partial charge in [-0.05, 0) is 57.1 Å². The quantitative estimate of drug-likeness (QED) is 0.909. The number of carbonyl (C=O) groups excluding carboxylic acids is 1. The Balaban J connectivity index is 1.54. The molecule has 2 heterocycles. The minimum absolute atomic E-state index is 0.0984. The highest BCUT2D eigenvalue weighted by atomic mass is 19.1. The lowest BCUT2D eigenvalue weighted by Crippen LogP contribution is -2.40. The van der Waals surface area contributed by atoms with Gasteiger partial charge in [-0.1, -0.05) is 5.16 Å². The first-order valence-corrected chi connectivity index (χ1v) is 8.24. The number of piperidine rings is 1. The lowest BCUT2D eigenvalue weighted by Gasteiger charge is -2.30. The summed E-state index contributed by atoms with van der Waals surface area (Å²) >= 11 is 0. The van der Waals surface area contributed by atoms with Crippen molar-refractivity contribution in [2.24, 2.45) is 5.92 Å². The van der Waals surface area contributed by atoms with Gasteiger partial charge in [-0.25, -0.2) is 4.39 Å². The number of carbonyl (C=O) groups is 1. The van der Waals surface area contributed by atoms with E-state index in [1.807, 2.05) is 6.92 Å². The van der Waals surface area contributed by atoms with Crippen LogP contribution < -0.4 is 5.32 Å². The molecule has 2 aromatic rings. The predicted molar refractivity (Wildman–Crippen MR) is 86.4 cm³/mol. The van der Waals surface area contributed by atoms with Crippen LogP contribution in [0.5, 0.6) is 0 Å². The van der Waals surface area contributed by atoms with Crippen LogP contribution in [0.4, 0.5) is 4.39 Å². The molecule has 7 heteroatoms. The number of nitrogens with one attached hydrogen (secondary N) is 1. The van der Waals surface area contributed by atoms with Gasteiger partial charge in [0.25, 0.3) is 5.89 Å². The number of amides is 1. The van der Waals surface area contributed by atoms with Crippen molar-refractivity contribution >= 4 is 5.91 Å². The molecule has 1 aliphatic heterocycles. The second-order valence-electron chi connectivity index (χ2n) is 5.97. The normalized spacial score (nSPS) is 16.2. The maximum absolute atomic E-state index is 13.0. The molecule has 1 fully saturated rings. The van der Waals surface area contributed by atoms with E-state index in [2.05, 4.69) is 20.4 Å². The third-order valence-corrected chi connectivity index (χ3v) is 4.23. The molecule has 6 nitrogen and oxygen atoms in total. The molecular formula is C17H21FN4O2. The molecule has 1 saturated heterocycles. The fourth-order valence-corrected chi connectivity index (χ4v) is 2.90. The van der Waals surface area contributed by atoms with E-state index in [9.17, 15) is 9.18 Å². The second-order valence-corrected chi connectivity index (χ2v) is 5.97. The van der Waals surface area contributed by atoms with Gasteiger partial charge >= 0.3 is 0 Å². The van der Waals surface area contributed by atoms with Crippen LogP contribution >= 0.6 is 0 Å². The summed E-state index contributed by atoms with van der Waals surface area (Å²) in [6.45, 7) is 4.87. The van der Waals surface area contributed by atoms with Crippen LogP contribution in [0.15, 0.2) is 28.8 Å². The van der Waals surface area contributed by atoms with E-state index in [1.54, 1.807) is 12.1 Å². The molecule has 0 radical (unpaired) electrons. The smallest absolute Gasteiger partial charge is 0.257 e. The zero-order chi connectivity index (χ0) is 16.9. The van der Waals surface area contributed by atoms with E-state index in [0.29, 0.717) is 30.4 Å². The summed E-state index contributed by atoms with van der Waals surface area (Å²) in [6.07, 6.45) is 1.68. The summed E-state index contributed by atoms with van der Waals surface area (Å²) in [5, 5.41) is 6.87. The molecule has 0 atom stereocenters. The predicted octanol–water partition coefficient (Wildman–Crippen LogP) is 2.22. The Hall–Kier alpha value is -2.28. The van der Waals surface area contributed by atoms with Crippen LogP contribution in [0, 0.1) is 11.7 Å². The van der Waals surface area contributed by atoms with E-state index in [-0.39, 0.29) is 17.6 Å². The first kappa shape index (κ1) is 16.6. The number of hydrogen-bond donors (Lipinski definition) is 1. The maximum Gasteiger partial charge on any atom is 0.257 e. The standard InChI is InChI=1S/C17H21FN4O2/c1-2-19-16(23)12-7-9-22(10-8-12)11-15-20-17(24-21-15)13-3-5-14(18)6-4-13/h3-6,12H,2,7-11H2,1H3,(H,19,23). The fraction of sp³-hybridized carbons (Fsp3) is 0.471. The molecule has 128 valence electrons. The molecule has 1 aromatic carbocycles. The zero-order valence-electron chi connectivity index (χ0n) is 13.7. The molecule has 1 aliphatic rings. The van der Waals surface area contributed by atoms with Crippen molar-refractivity contribution in [3.8, 4) is 11.5 Å². The van der Waals surface area contributed by atoms with Crippen LogP contribution in [-0.2, 0) is 11.3 Å².